The summed E-state index contributed by atoms with van der Waals surface area (Å²) in [4.78, 5) is 29.9. The lowest BCUT2D eigenvalue weighted by Crippen LogP contribution is -2.75. The number of halogens is 2. The largest absolute Gasteiger partial charge is 0.480 e. The fourth-order valence-electron chi connectivity index (χ4n) is 5.55. The number of carbonyl (C=O) groups excluding carboxylic acids is 1. The van der Waals surface area contributed by atoms with Crippen molar-refractivity contribution in [1.82, 2.24) is 14.7 Å². The number of likely N-dealkylation sites (tertiary alicyclic amines) is 1. The summed E-state index contributed by atoms with van der Waals surface area (Å²) in [7, 11) is 1.32. The maximum Gasteiger partial charge on any atom is 0.409 e. The summed E-state index contributed by atoms with van der Waals surface area (Å²) in [6, 6.07) is 4.71. The van der Waals surface area contributed by atoms with Crippen LogP contribution in [0.3, 0.4) is 0 Å². The topological polar surface area (TPSA) is 103 Å². The predicted octanol–water partition coefficient (Wildman–Crippen LogP) is 2.95. The SMILES string of the molecule is COC(=O)N1CCN(C(O)Cc2ccc(Cl)c(Cl)c2)[C@](C)(CN2CCCC2)[C@@H]1[C@H](C)OCC(=O)O. The Bertz CT molecular complexity index is 900. The Labute approximate surface area is 216 Å². The van der Waals surface area contributed by atoms with E-state index >= 15 is 0 Å². The number of carbonyl (C=O) groups is 2. The number of methoxy groups -OCH3 is 1. The van der Waals surface area contributed by atoms with Crippen LogP contribution < -0.4 is 0 Å². The molecule has 2 aliphatic rings. The van der Waals surface area contributed by atoms with Gasteiger partial charge in [-0.1, -0.05) is 29.3 Å². The second-order valence-corrected chi connectivity index (χ2v) is 10.3. The van der Waals surface area contributed by atoms with Gasteiger partial charge >= 0.3 is 12.1 Å². The Hall–Kier alpha value is -1.62. The standard InChI is InChI=1S/C24H35Cl2N3O6/c1-16(35-14-21(31)32)22-24(2,15-27-8-4-5-9-27)29(11-10-28(22)23(33)34-3)20(30)13-17-6-7-18(25)19(26)12-17/h6-7,12,16,20,22,30H,4-5,8-11,13-15H2,1-3H3,(H,31,32)/t16-,20?,22-,24+/m0/s1. The van der Waals surface area contributed by atoms with Gasteiger partial charge in [0.2, 0.25) is 0 Å². The lowest BCUT2D eigenvalue weighted by molar-refractivity contribution is -0.165. The third kappa shape index (κ3) is 6.58. The molecule has 0 radical (unpaired) electrons. The molecule has 0 spiro atoms. The maximum atomic E-state index is 12.8. The van der Waals surface area contributed by atoms with E-state index in [9.17, 15) is 19.8 Å². The van der Waals surface area contributed by atoms with Crippen LogP contribution in [-0.2, 0) is 20.7 Å². The maximum absolute atomic E-state index is 12.8. The van der Waals surface area contributed by atoms with E-state index in [0.29, 0.717) is 36.1 Å². The molecule has 1 amide bonds. The minimum atomic E-state index is -1.09. The Kier molecular flexibility index (Phi) is 9.65. The van der Waals surface area contributed by atoms with Crippen molar-refractivity contribution in [3.05, 3.63) is 33.8 Å². The van der Waals surface area contributed by atoms with E-state index in [-0.39, 0.29) is 0 Å². The van der Waals surface area contributed by atoms with Crippen molar-refractivity contribution >= 4 is 35.3 Å². The number of aliphatic hydroxyl groups excluding tert-OH is 1. The van der Waals surface area contributed by atoms with Gasteiger partial charge in [0, 0.05) is 26.1 Å². The van der Waals surface area contributed by atoms with E-state index in [4.69, 9.17) is 32.7 Å². The van der Waals surface area contributed by atoms with Gasteiger partial charge in [0.05, 0.1) is 34.8 Å². The van der Waals surface area contributed by atoms with Gasteiger partial charge in [-0.2, -0.15) is 0 Å². The first-order valence-corrected chi connectivity index (χ1v) is 12.6. The van der Waals surface area contributed by atoms with Crippen molar-refractivity contribution in [3.63, 3.8) is 0 Å². The molecule has 0 aromatic heterocycles. The Morgan fingerprint density at radius 2 is 1.86 bits per heavy atom. The van der Waals surface area contributed by atoms with Crippen LogP contribution in [0.1, 0.15) is 32.3 Å². The highest BCUT2D eigenvalue weighted by Gasteiger charge is 2.53. The quantitative estimate of drug-likeness (QED) is 0.501. The second-order valence-electron chi connectivity index (χ2n) is 9.49. The normalized spacial score (nSPS) is 25.4. The zero-order valence-corrected chi connectivity index (χ0v) is 22.0. The Morgan fingerprint density at radius 3 is 2.46 bits per heavy atom. The van der Waals surface area contributed by atoms with Crippen LogP contribution in [0.2, 0.25) is 10.0 Å². The van der Waals surface area contributed by atoms with Crippen molar-refractivity contribution in [1.29, 1.82) is 0 Å². The molecule has 0 saturated carbocycles. The minimum absolute atomic E-state index is 0.298. The summed E-state index contributed by atoms with van der Waals surface area (Å²) >= 11 is 12.2. The molecule has 1 aromatic carbocycles. The van der Waals surface area contributed by atoms with Gasteiger partial charge in [-0.25, -0.2) is 9.59 Å². The van der Waals surface area contributed by atoms with Crippen LogP contribution in [0.15, 0.2) is 18.2 Å². The summed E-state index contributed by atoms with van der Waals surface area (Å²) in [5.74, 6) is -1.09. The molecular weight excluding hydrogens is 497 g/mol. The number of piperazine rings is 1. The molecule has 196 valence electrons. The number of aliphatic carboxylic acids is 1. The highest BCUT2D eigenvalue weighted by molar-refractivity contribution is 6.42. The fraction of sp³-hybridized carbons (Fsp3) is 0.667. The van der Waals surface area contributed by atoms with Crippen molar-refractivity contribution < 1.29 is 29.3 Å². The zero-order chi connectivity index (χ0) is 25.8. The number of nitrogens with zero attached hydrogens (tertiary/aromatic N) is 3. The molecule has 11 heteroatoms. The average Bonchev–Trinajstić information content (AvgIpc) is 3.31. The lowest BCUT2D eigenvalue weighted by atomic mass is 9.82. The monoisotopic (exact) mass is 531 g/mol. The number of benzene rings is 1. The van der Waals surface area contributed by atoms with Crippen LogP contribution in [0.4, 0.5) is 4.79 Å². The van der Waals surface area contributed by atoms with E-state index < -0.39 is 42.6 Å². The predicted molar refractivity (Wildman–Crippen MR) is 133 cm³/mol. The molecular formula is C24H35Cl2N3O6. The molecule has 3 rings (SSSR count). The van der Waals surface area contributed by atoms with E-state index in [1.807, 2.05) is 17.9 Å². The smallest absolute Gasteiger partial charge is 0.409 e. The molecule has 1 unspecified atom stereocenters. The molecule has 2 fully saturated rings. The number of rotatable bonds is 9. The Balaban J connectivity index is 1.96. The molecule has 1 aromatic rings. The van der Waals surface area contributed by atoms with E-state index in [2.05, 4.69) is 4.90 Å². The fourth-order valence-corrected chi connectivity index (χ4v) is 5.87. The molecule has 2 saturated heterocycles. The molecule has 4 atom stereocenters. The van der Waals surface area contributed by atoms with E-state index in [1.54, 1.807) is 24.0 Å². The van der Waals surface area contributed by atoms with Gasteiger partial charge in [0.25, 0.3) is 0 Å². The average molecular weight is 532 g/mol. The van der Waals surface area contributed by atoms with Crippen LogP contribution in [0.5, 0.6) is 0 Å². The first kappa shape index (κ1) is 28.0. The van der Waals surface area contributed by atoms with Crippen LogP contribution in [0.25, 0.3) is 0 Å². The molecule has 0 aliphatic carbocycles. The summed E-state index contributed by atoms with van der Waals surface area (Å²) in [6.45, 7) is 6.40. The first-order chi connectivity index (χ1) is 16.6. The summed E-state index contributed by atoms with van der Waals surface area (Å²) in [5, 5.41) is 21.5. The van der Waals surface area contributed by atoms with Gasteiger partial charge in [-0.15, -0.1) is 0 Å². The number of aliphatic hydroxyl groups is 1. The molecule has 0 bridgehead atoms. The van der Waals surface area contributed by atoms with Crippen LogP contribution >= 0.6 is 23.2 Å². The van der Waals surface area contributed by atoms with Crippen molar-refractivity contribution in [3.8, 4) is 0 Å². The highest BCUT2D eigenvalue weighted by Crippen LogP contribution is 2.36. The van der Waals surface area contributed by atoms with Gasteiger partial charge in [0.1, 0.15) is 12.8 Å². The molecule has 2 aliphatic heterocycles. The number of hydrogen-bond acceptors (Lipinski definition) is 7. The minimum Gasteiger partial charge on any atom is -0.480 e. The lowest BCUT2D eigenvalue weighted by Gasteiger charge is -2.57. The summed E-state index contributed by atoms with van der Waals surface area (Å²) in [5.41, 5.74) is 0.0715. The molecule has 9 nitrogen and oxygen atoms in total. The molecule has 2 N–H and O–H groups in total. The second kappa shape index (κ2) is 12.1. The zero-order valence-electron chi connectivity index (χ0n) is 20.5. The van der Waals surface area contributed by atoms with Gasteiger partial charge in [0.15, 0.2) is 0 Å². The van der Waals surface area contributed by atoms with Gasteiger partial charge in [-0.3, -0.25) is 9.80 Å². The third-order valence-electron chi connectivity index (χ3n) is 7.04. The molecule has 2 heterocycles. The van der Waals surface area contributed by atoms with Crippen molar-refractivity contribution in [2.24, 2.45) is 0 Å². The summed E-state index contributed by atoms with van der Waals surface area (Å²) < 4.78 is 10.8. The first-order valence-electron chi connectivity index (χ1n) is 11.9. The van der Waals surface area contributed by atoms with Crippen LogP contribution in [0, 0.1) is 0 Å². The number of carboxylic acids is 1. The van der Waals surface area contributed by atoms with Crippen LogP contribution in [-0.4, -0.2) is 107 Å². The number of amides is 1. The van der Waals surface area contributed by atoms with Gasteiger partial charge < -0.3 is 24.6 Å². The van der Waals surface area contributed by atoms with Crippen molar-refractivity contribution in [2.45, 2.75) is 57.0 Å². The van der Waals surface area contributed by atoms with Crippen molar-refractivity contribution in [2.75, 3.05) is 46.4 Å². The number of ether oxygens (including phenoxy) is 2. The van der Waals surface area contributed by atoms with E-state index in [0.717, 1.165) is 31.5 Å². The third-order valence-corrected chi connectivity index (χ3v) is 7.78. The van der Waals surface area contributed by atoms with Gasteiger partial charge in [-0.05, 0) is 57.5 Å². The number of carboxylic acid groups (broad SMARTS) is 1. The number of hydrogen-bond donors (Lipinski definition) is 2. The Morgan fingerprint density at radius 1 is 1.17 bits per heavy atom. The van der Waals surface area contributed by atoms with E-state index in [1.165, 1.54) is 7.11 Å². The molecule has 35 heavy (non-hydrogen) atoms. The summed E-state index contributed by atoms with van der Waals surface area (Å²) in [6.07, 6.45) is 0.456. The highest BCUT2D eigenvalue weighted by atomic mass is 35.5.